The summed E-state index contributed by atoms with van der Waals surface area (Å²) in [6.45, 7) is 0. The number of hydrogen-bond acceptors (Lipinski definition) is 5. The molecule has 4 aromatic rings. The van der Waals surface area contributed by atoms with Crippen molar-refractivity contribution in [1.29, 1.82) is 0 Å². The molecule has 2 N–H and O–H groups in total. The van der Waals surface area contributed by atoms with E-state index in [0.717, 1.165) is 22.9 Å². The fourth-order valence-corrected chi connectivity index (χ4v) is 5.91. The second kappa shape index (κ2) is 9.73. The van der Waals surface area contributed by atoms with Crippen LogP contribution >= 0.6 is 23.2 Å². The lowest BCUT2D eigenvalue weighted by atomic mass is 10.1. The molecule has 2 heterocycles. The van der Waals surface area contributed by atoms with E-state index in [2.05, 4.69) is 13.8 Å². The maximum absolute atomic E-state index is 13.7. The van der Waals surface area contributed by atoms with Gasteiger partial charge in [-0.2, -0.15) is 0 Å². The Morgan fingerprint density at radius 3 is 2.11 bits per heavy atom. The van der Waals surface area contributed by atoms with Gasteiger partial charge in [0.15, 0.2) is 9.92 Å². The summed E-state index contributed by atoms with van der Waals surface area (Å²) in [5.41, 5.74) is 1.74. The highest BCUT2D eigenvalue weighted by molar-refractivity contribution is 7.91. The van der Waals surface area contributed by atoms with Crippen LogP contribution in [-0.4, -0.2) is 33.4 Å². The molecule has 1 aliphatic heterocycles. The Kier molecular flexibility index (Phi) is 6.72. The van der Waals surface area contributed by atoms with E-state index >= 15 is 0 Å². The third-order valence-corrected chi connectivity index (χ3v) is 8.20. The lowest BCUT2D eigenvalue weighted by Crippen LogP contribution is -2.33. The third-order valence-electron chi connectivity index (χ3n) is 5.80. The number of aliphatic hydroxyl groups excluding tert-OH is 1. The largest absolute Gasteiger partial charge is 0.573 e. The van der Waals surface area contributed by atoms with Crippen molar-refractivity contribution in [1.82, 2.24) is 9.29 Å². The van der Waals surface area contributed by atoms with Crippen LogP contribution in [0.15, 0.2) is 88.1 Å². The lowest BCUT2D eigenvalue weighted by Gasteiger charge is -2.25. The van der Waals surface area contributed by atoms with Crippen LogP contribution in [0.1, 0.15) is 0 Å². The monoisotopic (exact) mass is 583 g/mol. The molecule has 0 saturated heterocycles. The molecule has 0 spiro atoms. The average molecular weight is 584 g/mol. The minimum atomic E-state index is -4.86. The van der Waals surface area contributed by atoms with Crippen LogP contribution in [-0.2, 0) is 14.7 Å². The SMILES string of the molecule is CN=S(=O)(NC1=COC=C(n2c3ccc(Cl)cc3c3cc(Cl)ccc32)[C@@H]1O)c1ccc(OC(F)(F)F)cc1. The Morgan fingerprint density at radius 2 is 1.58 bits per heavy atom. The summed E-state index contributed by atoms with van der Waals surface area (Å²) in [5.74, 6) is -0.476. The Balaban J connectivity index is 1.50. The number of aromatic nitrogens is 1. The lowest BCUT2D eigenvalue weighted by molar-refractivity contribution is -0.274. The molecule has 0 bridgehead atoms. The van der Waals surface area contributed by atoms with Crippen molar-refractivity contribution >= 4 is 60.6 Å². The molecule has 2 atom stereocenters. The first-order valence-electron chi connectivity index (χ1n) is 10.9. The van der Waals surface area contributed by atoms with E-state index in [1.807, 2.05) is 0 Å². The number of aliphatic hydroxyl groups is 1. The number of benzene rings is 3. The summed E-state index contributed by atoms with van der Waals surface area (Å²) in [6.07, 6.45) is -3.67. The topological polar surface area (TPSA) is 85.1 Å². The number of halogens is 5. The summed E-state index contributed by atoms with van der Waals surface area (Å²) in [4.78, 5) is 0.0693. The fourth-order valence-electron chi connectivity index (χ4n) is 4.16. The van der Waals surface area contributed by atoms with Gasteiger partial charge >= 0.3 is 6.36 Å². The van der Waals surface area contributed by atoms with Gasteiger partial charge in [-0.1, -0.05) is 23.2 Å². The van der Waals surface area contributed by atoms with Crippen molar-refractivity contribution in [3.05, 3.63) is 88.9 Å². The van der Waals surface area contributed by atoms with Gasteiger partial charge in [0.1, 0.15) is 24.4 Å². The second-order valence-electron chi connectivity index (χ2n) is 8.14. The molecule has 3 aromatic carbocycles. The van der Waals surface area contributed by atoms with Crippen molar-refractivity contribution in [2.75, 3.05) is 7.05 Å². The Bertz CT molecular complexity index is 1680. The zero-order valence-corrected chi connectivity index (χ0v) is 21.7. The molecular formula is C25H18Cl2F3N3O4S. The van der Waals surface area contributed by atoms with Crippen LogP contribution in [0.3, 0.4) is 0 Å². The molecule has 0 amide bonds. The van der Waals surface area contributed by atoms with E-state index in [4.69, 9.17) is 27.9 Å². The number of nitrogens with one attached hydrogen (secondary N) is 1. The van der Waals surface area contributed by atoms with Gasteiger partial charge in [0.2, 0.25) is 0 Å². The maximum atomic E-state index is 13.7. The van der Waals surface area contributed by atoms with Gasteiger partial charge in [0, 0.05) is 27.9 Å². The fraction of sp³-hybridized carbons (Fsp3) is 0.120. The van der Waals surface area contributed by atoms with E-state index in [1.165, 1.54) is 31.7 Å². The molecule has 0 aliphatic carbocycles. The van der Waals surface area contributed by atoms with Crippen molar-refractivity contribution < 1.29 is 32.0 Å². The van der Waals surface area contributed by atoms with Crippen LogP contribution in [0.4, 0.5) is 13.2 Å². The average Bonchev–Trinajstić information content (AvgIpc) is 3.17. The first-order valence-corrected chi connectivity index (χ1v) is 13.2. The number of nitrogens with zero attached hydrogens (tertiary/aromatic N) is 2. The standard InChI is InChI=1S/C25H18Cl2F3N3O4S/c1-31-38(35,17-6-4-16(5-7-17)37-25(28,29)30)32-20-12-36-13-23(24(20)34)33-21-8-2-14(26)10-18(21)19-11-15(27)3-9-22(19)33/h2-13,24,34H,1H3,(H,31,32,35)/t24-,38?/m1/s1. The van der Waals surface area contributed by atoms with Crippen molar-refractivity contribution in [3.8, 4) is 5.75 Å². The van der Waals surface area contributed by atoms with Crippen LogP contribution < -0.4 is 9.46 Å². The zero-order valence-electron chi connectivity index (χ0n) is 19.4. The number of alkyl halides is 3. The van der Waals surface area contributed by atoms with Crippen molar-refractivity contribution in [2.24, 2.45) is 4.36 Å². The smallest absolute Gasteiger partial charge is 0.469 e. The molecule has 1 aromatic heterocycles. The molecule has 1 unspecified atom stereocenters. The molecule has 1 aliphatic rings. The zero-order chi connectivity index (χ0) is 27.2. The Hall–Kier alpha value is -3.38. The van der Waals surface area contributed by atoms with Crippen LogP contribution in [0.2, 0.25) is 10.0 Å². The van der Waals surface area contributed by atoms with Crippen LogP contribution in [0.5, 0.6) is 5.75 Å². The van der Waals surface area contributed by atoms with Gasteiger partial charge in [0.05, 0.1) is 27.3 Å². The minimum Gasteiger partial charge on any atom is -0.469 e. The van der Waals surface area contributed by atoms with Crippen molar-refractivity contribution in [2.45, 2.75) is 17.4 Å². The van der Waals surface area contributed by atoms with Gasteiger partial charge in [-0.05, 0) is 60.7 Å². The van der Waals surface area contributed by atoms with Gasteiger partial charge in [0.25, 0.3) is 0 Å². The van der Waals surface area contributed by atoms with Gasteiger partial charge < -0.3 is 19.1 Å². The quantitative estimate of drug-likeness (QED) is 0.274. The van der Waals surface area contributed by atoms with Gasteiger partial charge in [-0.3, -0.25) is 4.72 Å². The number of ether oxygens (including phenoxy) is 2. The third kappa shape index (κ3) is 4.90. The molecule has 0 radical (unpaired) electrons. The molecule has 5 rings (SSSR count). The van der Waals surface area contributed by atoms with Crippen LogP contribution in [0, 0.1) is 0 Å². The van der Waals surface area contributed by atoms with Crippen molar-refractivity contribution in [3.63, 3.8) is 0 Å². The predicted molar refractivity (Wildman–Crippen MR) is 140 cm³/mol. The maximum Gasteiger partial charge on any atom is 0.573 e. The Labute approximate surface area is 225 Å². The first-order chi connectivity index (χ1) is 18.0. The highest BCUT2D eigenvalue weighted by Crippen LogP contribution is 2.37. The van der Waals surface area contributed by atoms with Gasteiger partial charge in [-0.25, -0.2) is 8.57 Å². The number of fused-ring (bicyclic) bond motifs is 3. The summed E-state index contributed by atoms with van der Waals surface area (Å²) in [7, 11) is -2.15. The second-order valence-corrected chi connectivity index (χ2v) is 11.1. The predicted octanol–water partition coefficient (Wildman–Crippen LogP) is 6.69. The molecule has 7 nitrogen and oxygen atoms in total. The van der Waals surface area contributed by atoms with E-state index in [0.29, 0.717) is 26.8 Å². The van der Waals surface area contributed by atoms with E-state index < -0.39 is 28.1 Å². The highest BCUT2D eigenvalue weighted by Gasteiger charge is 2.32. The van der Waals surface area contributed by atoms with E-state index in [9.17, 15) is 22.5 Å². The minimum absolute atomic E-state index is 0.0200. The van der Waals surface area contributed by atoms with E-state index in [-0.39, 0.29) is 10.6 Å². The summed E-state index contributed by atoms with van der Waals surface area (Å²) < 4.78 is 68.9. The van der Waals surface area contributed by atoms with Gasteiger partial charge in [-0.15, -0.1) is 13.2 Å². The molecule has 38 heavy (non-hydrogen) atoms. The summed E-state index contributed by atoms with van der Waals surface area (Å²) >= 11 is 12.5. The molecular weight excluding hydrogens is 566 g/mol. The van der Waals surface area contributed by atoms with E-state index in [1.54, 1.807) is 41.0 Å². The Morgan fingerprint density at radius 1 is 1.00 bits per heavy atom. The molecule has 198 valence electrons. The molecule has 0 fully saturated rings. The summed E-state index contributed by atoms with van der Waals surface area (Å²) in [6, 6.07) is 15.0. The molecule has 0 saturated carbocycles. The normalized spacial score (nSPS) is 17.4. The summed E-state index contributed by atoms with van der Waals surface area (Å²) in [5, 5.41) is 14.0. The first kappa shape index (κ1) is 26.2. The molecule has 13 heteroatoms. The van der Waals surface area contributed by atoms with Crippen LogP contribution in [0.25, 0.3) is 27.5 Å². The highest BCUT2D eigenvalue weighted by atomic mass is 35.5. The number of hydrogen-bond donors (Lipinski definition) is 2. The number of rotatable bonds is 5.